The minimum Gasteiger partial charge on any atom is -0.462 e. The Morgan fingerprint density at radius 1 is 0.641 bits per heavy atom. The molecule has 6 fully saturated rings. The SMILES string of the molecule is COCN(COC)C1CC(N(COC)COC)CC(N(COC)CC2(C(C)=O)C(=O)OCCOC23CCC(C2NC(C4CCC(C)CC4C)NC(C4CCC(C)CC4C)N2)C(O)C3)C1. The van der Waals surface area contributed by atoms with Gasteiger partial charge in [0, 0.05) is 72.6 Å². The summed E-state index contributed by atoms with van der Waals surface area (Å²) >= 11 is 0. The van der Waals surface area contributed by atoms with Crippen molar-refractivity contribution >= 4 is 11.8 Å². The monoisotopic (exact) mass is 909 g/mol. The smallest absolute Gasteiger partial charge is 0.324 e. The number of esters is 1. The summed E-state index contributed by atoms with van der Waals surface area (Å²) in [5.74, 6) is 2.49. The van der Waals surface area contributed by atoms with Crippen LogP contribution in [0.4, 0.5) is 0 Å². The molecule has 4 N–H and O–H groups in total. The molecule has 0 radical (unpaired) electrons. The van der Waals surface area contributed by atoms with Crippen molar-refractivity contribution in [1.29, 1.82) is 0 Å². The number of nitrogens with zero attached hydrogens (tertiary/aromatic N) is 3. The first-order valence-corrected chi connectivity index (χ1v) is 24.7. The van der Waals surface area contributed by atoms with Gasteiger partial charge < -0.3 is 38.3 Å². The fourth-order valence-electron chi connectivity index (χ4n) is 13.5. The van der Waals surface area contributed by atoms with Crippen molar-refractivity contribution in [3.63, 3.8) is 0 Å². The van der Waals surface area contributed by atoms with E-state index in [0.29, 0.717) is 76.3 Å². The standard InChI is InChI=1S/C48H88N6O10/c1-31-11-13-39(33(3)19-31)43-49-44(40-14-12-32(2)20-34(40)4)51-45(50-43)41-15-16-47(24-42(41)56)48(35(5)55,46(57)63-17-18-64-47)25-52(26-58-6)36-21-37(53(27-59-7)28-60-8)23-38(22-36)54(29-61-9)30-62-10/h31-34,36-45,49-51,56H,11-30H2,1-10H3. The summed E-state index contributed by atoms with van der Waals surface area (Å²) in [6.45, 7) is 12.9. The molecule has 370 valence electrons. The zero-order chi connectivity index (χ0) is 46.2. The van der Waals surface area contributed by atoms with Crippen LogP contribution in [0.2, 0.25) is 0 Å². The van der Waals surface area contributed by atoms with E-state index >= 15 is 0 Å². The molecule has 6 aliphatic rings. The lowest BCUT2D eigenvalue weighted by Gasteiger charge is -2.55. The summed E-state index contributed by atoms with van der Waals surface area (Å²) in [6, 6.07) is -0.101. The predicted octanol–water partition coefficient (Wildman–Crippen LogP) is 4.16. The van der Waals surface area contributed by atoms with Crippen molar-refractivity contribution in [3.8, 4) is 0 Å². The molecule has 2 aliphatic heterocycles. The molecule has 6 rings (SSSR count). The molecule has 4 saturated carbocycles. The number of nitrogens with one attached hydrogen (secondary N) is 3. The number of cyclic esters (lactones) is 1. The number of Topliss-reactive ketones (excluding diaryl/α,β-unsaturated/α-hetero) is 1. The molecule has 0 amide bonds. The van der Waals surface area contributed by atoms with Crippen LogP contribution in [0.1, 0.15) is 112 Å². The minimum absolute atomic E-state index is 0.0175. The van der Waals surface area contributed by atoms with Gasteiger partial charge in [-0.15, -0.1) is 0 Å². The van der Waals surface area contributed by atoms with Crippen LogP contribution in [0, 0.1) is 46.8 Å². The fourth-order valence-corrected chi connectivity index (χ4v) is 13.5. The number of carbonyl (C=O) groups is 2. The van der Waals surface area contributed by atoms with Gasteiger partial charge in [0.1, 0.15) is 33.5 Å². The highest BCUT2D eigenvalue weighted by molar-refractivity contribution is 6.04. The van der Waals surface area contributed by atoms with E-state index in [1.165, 1.54) is 45.4 Å². The number of ketones is 1. The average Bonchev–Trinajstić information content (AvgIpc) is 3.38. The van der Waals surface area contributed by atoms with Crippen molar-refractivity contribution in [2.24, 2.45) is 46.8 Å². The van der Waals surface area contributed by atoms with E-state index in [1.54, 1.807) is 35.5 Å². The van der Waals surface area contributed by atoms with Gasteiger partial charge in [0.25, 0.3) is 0 Å². The largest absolute Gasteiger partial charge is 0.462 e. The van der Waals surface area contributed by atoms with Crippen LogP contribution in [0.3, 0.4) is 0 Å². The first-order valence-electron chi connectivity index (χ1n) is 24.7. The lowest BCUT2D eigenvalue weighted by Crippen LogP contribution is -2.75. The molecule has 0 bridgehead atoms. The minimum atomic E-state index is -1.73. The van der Waals surface area contributed by atoms with Gasteiger partial charge in [-0.05, 0) is 100 Å². The molecule has 2 saturated heterocycles. The van der Waals surface area contributed by atoms with Crippen LogP contribution in [0.15, 0.2) is 0 Å². The summed E-state index contributed by atoms with van der Waals surface area (Å²) in [4.78, 5) is 35.9. The zero-order valence-corrected chi connectivity index (χ0v) is 41.2. The molecule has 14 atom stereocenters. The molecule has 0 aromatic rings. The first-order chi connectivity index (χ1) is 30.7. The third-order valence-electron chi connectivity index (χ3n) is 16.8. The van der Waals surface area contributed by atoms with Crippen molar-refractivity contribution in [1.82, 2.24) is 30.7 Å². The Hall–Kier alpha value is -1.38. The lowest BCUT2D eigenvalue weighted by atomic mass is 9.59. The highest BCUT2D eigenvalue weighted by Crippen LogP contribution is 2.51. The van der Waals surface area contributed by atoms with Gasteiger partial charge in [-0.3, -0.25) is 40.2 Å². The Balaban J connectivity index is 1.31. The van der Waals surface area contributed by atoms with E-state index in [-0.39, 0.29) is 81.2 Å². The molecular formula is C48H88N6O10. The Morgan fingerprint density at radius 2 is 1.08 bits per heavy atom. The third kappa shape index (κ3) is 11.5. The summed E-state index contributed by atoms with van der Waals surface area (Å²) in [6.07, 6.45) is 9.78. The van der Waals surface area contributed by atoms with Gasteiger partial charge in [-0.2, -0.15) is 0 Å². The van der Waals surface area contributed by atoms with Crippen molar-refractivity contribution in [2.75, 3.05) is 89.0 Å². The Bertz CT molecular complexity index is 1400. The third-order valence-corrected chi connectivity index (χ3v) is 16.8. The Labute approximate surface area is 385 Å². The number of aliphatic hydroxyl groups excluding tert-OH is 1. The van der Waals surface area contributed by atoms with Crippen LogP contribution in [-0.4, -0.2) is 169 Å². The highest BCUT2D eigenvalue weighted by Gasteiger charge is 2.66. The summed E-state index contributed by atoms with van der Waals surface area (Å²) in [5, 5.41) is 24.8. The van der Waals surface area contributed by atoms with E-state index in [9.17, 15) is 14.7 Å². The molecule has 16 heteroatoms. The molecular weight excluding hydrogens is 821 g/mol. The zero-order valence-electron chi connectivity index (χ0n) is 41.2. The second-order valence-electron chi connectivity index (χ2n) is 21.1. The molecule has 0 aromatic heterocycles. The van der Waals surface area contributed by atoms with Crippen molar-refractivity contribution in [3.05, 3.63) is 0 Å². The predicted molar refractivity (Wildman–Crippen MR) is 243 cm³/mol. The quantitative estimate of drug-likeness (QED) is 0.0830. The Kier molecular flexibility index (Phi) is 19.3. The number of aliphatic hydroxyl groups is 1. The van der Waals surface area contributed by atoms with Gasteiger partial charge in [0.2, 0.25) is 0 Å². The van der Waals surface area contributed by atoms with Crippen LogP contribution >= 0.6 is 0 Å². The number of rotatable bonds is 19. The van der Waals surface area contributed by atoms with Crippen molar-refractivity contribution in [2.45, 2.75) is 160 Å². The number of hydrogen-bond acceptors (Lipinski definition) is 16. The van der Waals surface area contributed by atoms with E-state index in [1.807, 2.05) is 0 Å². The van der Waals surface area contributed by atoms with Gasteiger partial charge in [0.15, 0.2) is 11.2 Å². The lowest BCUT2D eigenvalue weighted by molar-refractivity contribution is -0.200. The maximum absolute atomic E-state index is 14.8. The molecule has 16 nitrogen and oxygen atoms in total. The van der Waals surface area contributed by atoms with E-state index in [4.69, 9.17) is 33.2 Å². The molecule has 1 spiro atoms. The van der Waals surface area contributed by atoms with Crippen LogP contribution in [0.25, 0.3) is 0 Å². The van der Waals surface area contributed by atoms with Gasteiger partial charge in [-0.25, -0.2) is 0 Å². The molecule has 4 aliphatic carbocycles. The molecule has 64 heavy (non-hydrogen) atoms. The van der Waals surface area contributed by atoms with Crippen LogP contribution in [-0.2, 0) is 42.7 Å². The Morgan fingerprint density at radius 3 is 1.50 bits per heavy atom. The number of methoxy groups -OCH3 is 5. The van der Waals surface area contributed by atoms with Crippen LogP contribution < -0.4 is 16.0 Å². The summed E-state index contributed by atoms with van der Waals surface area (Å²) < 4.78 is 41.3. The number of hydrogen-bond donors (Lipinski definition) is 4. The maximum atomic E-state index is 14.8. The summed E-state index contributed by atoms with van der Waals surface area (Å²) in [7, 11) is 8.37. The van der Waals surface area contributed by atoms with Gasteiger partial charge in [-0.1, -0.05) is 40.5 Å². The second-order valence-corrected chi connectivity index (χ2v) is 21.1. The average molecular weight is 909 g/mol. The van der Waals surface area contributed by atoms with Gasteiger partial charge >= 0.3 is 5.97 Å². The fraction of sp³-hybridized carbons (Fsp3) is 0.958. The van der Waals surface area contributed by atoms with Crippen LogP contribution in [0.5, 0.6) is 0 Å². The number of carbonyl (C=O) groups excluding carboxylic acids is 2. The van der Waals surface area contributed by atoms with E-state index < -0.39 is 23.1 Å². The second kappa shape index (κ2) is 23.8. The molecule has 14 unspecified atom stereocenters. The van der Waals surface area contributed by atoms with E-state index in [0.717, 1.165) is 18.3 Å². The first kappa shape index (κ1) is 52.0. The highest BCUT2D eigenvalue weighted by atomic mass is 16.6. The topological polar surface area (TPSA) is 165 Å². The summed E-state index contributed by atoms with van der Waals surface area (Å²) in [5.41, 5.74) is -3.03. The van der Waals surface area contributed by atoms with Crippen molar-refractivity contribution < 1.29 is 47.9 Å². The van der Waals surface area contributed by atoms with E-state index in [2.05, 4.69) is 58.3 Å². The normalized spacial score (nSPS) is 41.4. The molecule has 2 heterocycles. The number of ether oxygens (including phenoxy) is 7. The maximum Gasteiger partial charge on any atom is 0.324 e. The van der Waals surface area contributed by atoms with Gasteiger partial charge in [0.05, 0.1) is 43.5 Å². The molecule has 0 aromatic carbocycles.